The van der Waals surface area contributed by atoms with Gasteiger partial charge >= 0.3 is 11.8 Å². The molecule has 1 saturated heterocycles. The van der Waals surface area contributed by atoms with E-state index in [0.29, 0.717) is 24.2 Å². The summed E-state index contributed by atoms with van der Waals surface area (Å²) in [6.07, 6.45) is 1.92. The monoisotopic (exact) mass is 426 g/mol. The standard InChI is InChI=1S/C21H22N4O4S/c1-15-9-10-17(19-23-20(29-24-19)21(26)25-11-5-6-12-25)13-18(15)30(27,28)22-14-16-7-3-2-4-8-16/h2-4,7-10,13,22H,5-6,11-12,14H2,1H3. The zero-order valence-electron chi connectivity index (χ0n) is 16.5. The number of nitrogens with zero attached hydrogens (tertiary/aromatic N) is 3. The van der Waals surface area contributed by atoms with Crippen LogP contribution in [-0.4, -0.2) is 42.5 Å². The maximum absolute atomic E-state index is 12.9. The third-order valence-corrected chi connectivity index (χ3v) is 6.59. The molecular weight excluding hydrogens is 404 g/mol. The van der Waals surface area contributed by atoms with E-state index in [2.05, 4.69) is 14.9 Å². The lowest BCUT2D eigenvalue weighted by molar-refractivity contribution is 0.0743. The van der Waals surface area contributed by atoms with Gasteiger partial charge in [0.1, 0.15) is 0 Å². The van der Waals surface area contributed by atoms with Gasteiger partial charge in [0.15, 0.2) is 0 Å². The summed E-state index contributed by atoms with van der Waals surface area (Å²) in [7, 11) is -3.75. The van der Waals surface area contributed by atoms with E-state index in [9.17, 15) is 13.2 Å². The largest absolute Gasteiger partial charge is 0.334 e. The van der Waals surface area contributed by atoms with Crippen molar-refractivity contribution >= 4 is 15.9 Å². The fourth-order valence-corrected chi connectivity index (χ4v) is 4.65. The topological polar surface area (TPSA) is 105 Å². The van der Waals surface area contributed by atoms with Crippen molar-refractivity contribution in [3.05, 3.63) is 65.5 Å². The summed E-state index contributed by atoms with van der Waals surface area (Å²) in [4.78, 5) is 18.4. The lowest BCUT2D eigenvalue weighted by atomic mass is 10.1. The molecule has 9 heteroatoms. The number of benzene rings is 2. The predicted octanol–water partition coefficient (Wildman–Crippen LogP) is 2.76. The molecular formula is C21H22N4O4S. The van der Waals surface area contributed by atoms with Gasteiger partial charge in [-0.05, 0) is 37.0 Å². The predicted molar refractivity (Wildman–Crippen MR) is 110 cm³/mol. The number of likely N-dealkylation sites (tertiary alicyclic amines) is 1. The molecule has 1 N–H and O–H groups in total. The Balaban J connectivity index is 1.56. The number of carbonyl (C=O) groups is 1. The second-order valence-electron chi connectivity index (χ2n) is 7.21. The van der Waals surface area contributed by atoms with Gasteiger partial charge in [0.2, 0.25) is 15.8 Å². The maximum atomic E-state index is 12.9. The van der Waals surface area contributed by atoms with Crippen LogP contribution in [0.2, 0.25) is 0 Å². The summed E-state index contributed by atoms with van der Waals surface area (Å²) in [5.41, 5.74) is 1.92. The van der Waals surface area contributed by atoms with E-state index in [0.717, 1.165) is 18.4 Å². The van der Waals surface area contributed by atoms with Crippen molar-refractivity contribution in [1.29, 1.82) is 0 Å². The van der Waals surface area contributed by atoms with Gasteiger partial charge < -0.3 is 9.42 Å². The van der Waals surface area contributed by atoms with E-state index in [-0.39, 0.29) is 29.1 Å². The number of sulfonamides is 1. The van der Waals surface area contributed by atoms with Crippen LogP contribution in [0.25, 0.3) is 11.4 Å². The van der Waals surface area contributed by atoms with Crippen molar-refractivity contribution in [2.45, 2.75) is 31.2 Å². The summed E-state index contributed by atoms with van der Waals surface area (Å²) >= 11 is 0. The Morgan fingerprint density at radius 3 is 2.60 bits per heavy atom. The number of aryl methyl sites for hydroxylation is 1. The zero-order chi connectivity index (χ0) is 21.1. The van der Waals surface area contributed by atoms with Gasteiger partial charge in [0, 0.05) is 25.2 Å². The van der Waals surface area contributed by atoms with Crippen LogP contribution in [-0.2, 0) is 16.6 Å². The third-order valence-electron chi connectivity index (χ3n) is 5.05. The molecule has 30 heavy (non-hydrogen) atoms. The van der Waals surface area contributed by atoms with Crippen LogP contribution in [0.3, 0.4) is 0 Å². The summed E-state index contributed by atoms with van der Waals surface area (Å²) in [6, 6.07) is 14.2. The number of aromatic nitrogens is 2. The normalized spacial score (nSPS) is 14.2. The molecule has 1 fully saturated rings. The molecule has 0 radical (unpaired) electrons. The summed E-state index contributed by atoms with van der Waals surface area (Å²) in [5, 5.41) is 3.88. The minimum Gasteiger partial charge on any atom is -0.334 e. The van der Waals surface area contributed by atoms with Crippen molar-refractivity contribution in [2.24, 2.45) is 0 Å². The van der Waals surface area contributed by atoms with E-state index in [4.69, 9.17) is 4.52 Å². The summed E-state index contributed by atoms with van der Waals surface area (Å²) in [5.74, 6) is -0.202. The molecule has 2 heterocycles. The number of rotatable bonds is 6. The van der Waals surface area contributed by atoms with E-state index < -0.39 is 10.0 Å². The van der Waals surface area contributed by atoms with Crippen molar-refractivity contribution in [3.63, 3.8) is 0 Å². The molecule has 0 unspecified atom stereocenters. The first-order valence-corrected chi connectivity index (χ1v) is 11.2. The second-order valence-corrected chi connectivity index (χ2v) is 8.95. The van der Waals surface area contributed by atoms with E-state index in [1.165, 1.54) is 6.07 Å². The SMILES string of the molecule is Cc1ccc(-c2noc(C(=O)N3CCCC3)n2)cc1S(=O)(=O)NCc1ccccc1. The van der Waals surface area contributed by atoms with Crippen molar-refractivity contribution in [1.82, 2.24) is 19.8 Å². The van der Waals surface area contributed by atoms with Crippen LogP contribution in [0.15, 0.2) is 57.9 Å². The Morgan fingerprint density at radius 1 is 1.13 bits per heavy atom. The molecule has 0 saturated carbocycles. The Kier molecular flexibility index (Phi) is 5.65. The van der Waals surface area contributed by atoms with Crippen LogP contribution in [0.1, 0.15) is 34.7 Å². The molecule has 1 amide bonds. The van der Waals surface area contributed by atoms with Crippen molar-refractivity contribution in [3.8, 4) is 11.4 Å². The number of nitrogens with one attached hydrogen (secondary N) is 1. The molecule has 1 aromatic heterocycles. The Labute approximate surface area is 175 Å². The molecule has 0 bridgehead atoms. The highest BCUT2D eigenvalue weighted by molar-refractivity contribution is 7.89. The van der Waals surface area contributed by atoms with Gasteiger partial charge in [0.05, 0.1) is 4.90 Å². The van der Waals surface area contributed by atoms with Crippen LogP contribution in [0, 0.1) is 6.92 Å². The maximum Gasteiger partial charge on any atom is 0.316 e. The number of hydrogen-bond acceptors (Lipinski definition) is 6. The van der Waals surface area contributed by atoms with E-state index in [1.807, 2.05) is 30.3 Å². The fourth-order valence-electron chi connectivity index (χ4n) is 3.36. The molecule has 4 rings (SSSR count). The van der Waals surface area contributed by atoms with Crippen molar-refractivity contribution in [2.75, 3.05) is 13.1 Å². The molecule has 0 spiro atoms. The minimum absolute atomic E-state index is 0.0842. The highest BCUT2D eigenvalue weighted by Crippen LogP contribution is 2.24. The Morgan fingerprint density at radius 2 is 1.87 bits per heavy atom. The van der Waals surface area contributed by atoms with Crippen LogP contribution >= 0.6 is 0 Å². The Bertz CT molecular complexity index is 1150. The van der Waals surface area contributed by atoms with Gasteiger partial charge in [-0.1, -0.05) is 47.6 Å². The first kappa shape index (κ1) is 20.2. The lowest BCUT2D eigenvalue weighted by Gasteiger charge is -2.11. The minimum atomic E-state index is -3.75. The first-order valence-electron chi connectivity index (χ1n) is 9.72. The van der Waals surface area contributed by atoms with Gasteiger partial charge in [-0.3, -0.25) is 4.79 Å². The molecule has 3 aromatic rings. The number of hydrogen-bond donors (Lipinski definition) is 1. The average molecular weight is 426 g/mol. The van der Waals surface area contributed by atoms with Gasteiger partial charge in [-0.15, -0.1) is 0 Å². The molecule has 0 atom stereocenters. The highest BCUT2D eigenvalue weighted by Gasteiger charge is 2.25. The van der Waals surface area contributed by atoms with Gasteiger partial charge in [-0.25, -0.2) is 13.1 Å². The number of carbonyl (C=O) groups excluding carboxylic acids is 1. The average Bonchev–Trinajstić information content (AvgIpc) is 3.45. The first-order chi connectivity index (χ1) is 14.4. The third kappa shape index (κ3) is 4.27. The van der Waals surface area contributed by atoms with Gasteiger partial charge in [-0.2, -0.15) is 4.98 Å². The Hall–Kier alpha value is -3.04. The van der Waals surface area contributed by atoms with Crippen LogP contribution in [0.4, 0.5) is 0 Å². The number of amides is 1. The molecule has 0 aliphatic carbocycles. The lowest BCUT2D eigenvalue weighted by Crippen LogP contribution is -2.27. The smallest absolute Gasteiger partial charge is 0.316 e. The second kappa shape index (κ2) is 8.37. The van der Waals surface area contributed by atoms with Crippen LogP contribution < -0.4 is 4.72 Å². The van der Waals surface area contributed by atoms with Crippen molar-refractivity contribution < 1.29 is 17.7 Å². The molecule has 8 nitrogen and oxygen atoms in total. The molecule has 1 aliphatic heterocycles. The van der Waals surface area contributed by atoms with E-state index in [1.54, 1.807) is 24.0 Å². The molecule has 1 aliphatic rings. The zero-order valence-corrected chi connectivity index (χ0v) is 17.4. The van der Waals surface area contributed by atoms with Gasteiger partial charge in [0.25, 0.3) is 0 Å². The summed E-state index contributed by atoms with van der Waals surface area (Å²) < 4.78 is 33.5. The quantitative estimate of drug-likeness (QED) is 0.650. The summed E-state index contributed by atoms with van der Waals surface area (Å²) in [6.45, 7) is 3.26. The van der Waals surface area contributed by atoms with Crippen LogP contribution in [0.5, 0.6) is 0 Å². The van der Waals surface area contributed by atoms with E-state index >= 15 is 0 Å². The molecule has 2 aromatic carbocycles. The fraction of sp³-hybridized carbons (Fsp3) is 0.286. The highest BCUT2D eigenvalue weighted by atomic mass is 32.2. The molecule has 156 valence electrons.